The van der Waals surface area contributed by atoms with Crippen molar-refractivity contribution in [2.75, 3.05) is 13.2 Å². The van der Waals surface area contributed by atoms with E-state index in [1.54, 1.807) is 0 Å². The Labute approximate surface area is 110 Å². The van der Waals surface area contributed by atoms with Gasteiger partial charge in [0.2, 0.25) is 0 Å². The first-order valence-electron chi connectivity index (χ1n) is 6.88. The van der Waals surface area contributed by atoms with Gasteiger partial charge in [-0.15, -0.1) is 0 Å². The highest BCUT2D eigenvalue weighted by Crippen LogP contribution is 2.20. The highest BCUT2D eigenvalue weighted by molar-refractivity contribution is 5.09. The minimum atomic E-state index is -0.465. The zero-order chi connectivity index (χ0) is 13.4. The van der Waals surface area contributed by atoms with Crippen molar-refractivity contribution in [3.8, 4) is 0 Å². The van der Waals surface area contributed by atoms with Gasteiger partial charge in [-0.25, -0.2) is 0 Å². The molecule has 18 heavy (non-hydrogen) atoms. The normalized spacial score (nSPS) is 24.1. The summed E-state index contributed by atoms with van der Waals surface area (Å²) in [6, 6.07) is 0. The number of aliphatic hydroxyl groups is 2. The molecule has 0 saturated carbocycles. The number of allylic oxidation sites excluding steroid dienone is 2. The second-order valence-corrected chi connectivity index (χ2v) is 5.07. The highest BCUT2D eigenvalue weighted by Gasteiger charge is 2.23. The van der Waals surface area contributed by atoms with Crippen LogP contribution >= 0.6 is 0 Å². The molecule has 0 spiro atoms. The van der Waals surface area contributed by atoms with E-state index in [9.17, 15) is 5.11 Å². The van der Waals surface area contributed by atoms with Gasteiger partial charge in [-0.2, -0.15) is 0 Å². The Morgan fingerprint density at radius 2 is 2.11 bits per heavy atom. The van der Waals surface area contributed by atoms with Gasteiger partial charge >= 0.3 is 0 Å². The van der Waals surface area contributed by atoms with E-state index in [0.29, 0.717) is 0 Å². The largest absolute Gasteiger partial charge is 0.392 e. The molecular formula is C15H26O3. The van der Waals surface area contributed by atoms with Crippen LogP contribution < -0.4 is 0 Å². The lowest BCUT2D eigenvalue weighted by Crippen LogP contribution is -2.32. The Balaban J connectivity index is 2.37. The van der Waals surface area contributed by atoms with Crippen LogP contribution in [0.2, 0.25) is 0 Å². The SMILES string of the molecule is C/C(=C/CO)CC/C=C(/C)C(O)C1CCCCO1. The highest BCUT2D eigenvalue weighted by atomic mass is 16.5. The molecule has 2 unspecified atom stereocenters. The van der Waals surface area contributed by atoms with Crippen LogP contribution in [0.15, 0.2) is 23.3 Å². The lowest BCUT2D eigenvalue weighted by atomic mass is 9.98. The van der Waals surface area contributed by atoms with Gasteiger partial charge in [-0.05, 0) is 51.5 Å². The van der Waals surface area contributed by atoms with Crippen molar-refractivity contribution in [2.45, 2.75) is 58.2 Å². The standard InChI is InChI=1S/C15H26O3/c1-12(9-10-16)6-5-7-13(2)15(17)14-8-3-4-11-18-14/h7,9,14-17H,3-6,8,10-11H2,1-2H3/b12-9-,13-7-. The molecule has 0 aliphatic carbocycles. The lowest BCUT2D eigenvalue weighted by Gasteiger charge is -2.27. The van der Waals surface area contributed by atoms with Crippen LogP contribution in [-0.4, -0.2) is 35.6 Å². The monoisotopic (exact) mass is 254 g/mol. The molecule has 1 saturated heterocycles. The first kappa shape index (κ1) is 15.4. The van der Waals surface area contributed by atoms with Crippen LogP contribution in [0.25, 0.3) is 0 Å². The molecule has 1 heterocycles. The first-order chi connectivity index (χ1) is 8.65. The zero-order valence-corrected chi connectivity index (χ0v) is 11.6. The minimum Gasteiger partial charge on any atom is -0.392 e. The second kappa shape index (κ2) is 8.46. The fraction of sp³-hybridized carbons (Fsp3) is 0.733. The van der Waals surface area contributed by atoms with Gasteiger partial charge in [0.25, 0.3) is 0 Å². The maximum atomic E-state index is 10.2. The van der Waals surface area contributed by atoms with Crippen LogP contribution in [-0.2, 0) is 4.74 Å². The van der Waals surface area contributed by atoms with E-state index >= 15 is 0 Å². The molecule has 0 amide bonds. The van der Waals surface area contributed by atoms with Crippen molar-refractivity contribution in [3.63, 3.8) is 0 Å². The maximum absolute atomic E-state index is 10.2. The number of hydrogen-bond acceptors (Lipinski definition) is 3. The topological polar surface area (TPSA) is 49.7 Å². The van der Waals surface area contributed by atoms with Crippen LogP contribution in [0.1, 0.15) is 46.0 Å². The summed E-state index contributed by atoms with van der Waals surface area (Å²) in [5.74, 6) is 0. The summed E-state index contributed by atoms with van der Waals surface area (Å²) in [6.07, 6.45) is 8.45. The summed E-state index contributed by atoms with van der Waals surface area (Å²) < 4.78 is 5.59. The van der Waals surface area contributed by atoms with E-state index < -0.39 is 6.10 Å². The fourth-order valence-electron chi connectivity index (χ4n) is 2.21. The van der Waals surface area contributed by atoms with Gasteiger partial charge in [0.15, 0.2) is 0 Å². The van der Waals surface area contributed by atoms with E-state index in [1.807, 2.05) is 19.9 Å². The van der Waals surface area contributed by atoms with Gasteiger partial charge in [0.1, 0.15) is 6.10 Å². The lowest BCUT2D eigenvalue weighted by molar-refractivity contribution is -0.0481. The summed E-state index contributed by atoms with van der Waals surface area (Å²) in [6.45, 7) is 4.86. The van der Waals surface area contributed by atoms with Crippen LogP contribution in [0.5, 0.6) is 0 Å². The summed E-state index contributed by atoms with van der Waals surface area (Å²) in [7, 11) is 0. The van der Waals surface area contributed by atoms with E-state index in [0.717, 1.165) is 44.3 Å². The Kier molecular flexibility index (Phi) is 7.25. The third-order valence-corrected chi connectivity index (χ3v) is 3.48. The quantitative estimate of drug-likeness (QED) is 0.716. The predicted molar refractivity (Wildman–Crippen MR) is 73.4 cm³/mol. The van der Waals surface area contributed by atoms with E-state index in [2.05, 4.69) is 6.08 Å². The van der Waals surface area contributed by atoms with Gasteiger partial charge in [0.05, 0.1) is 12.7 Å². The molecule has 0 radical (unpaired) electrons. The van der Waals surface area contributed by atoms with Crippen LogP contribution in [0, 0.1) is 0 Å². The summed E-state index contributed by atoms with van der Waals surface area (Å²) in [5, 5.41) is 18.9. The molecule has 1 aliphatic heterocycles. The van der Waals surface area contributed by atoms with Gasteiger partial charge in [-0.1, -0.05) is 17.7 Å². The first-order valence-corrected chi connectivity index (χ1v) is 6.88. The van der Waals surface area contributed by atoms with Crippen molar-refractivity contribution in [1.82, 2.24) is 0 Å². The molecule has 1 fully saturated rings. The summed E-state index contributed by atoms with van der Waals surface area (Å²) in [5.41, 5.74) is 2.18. The van der Waals surface area contributed by atoms with E-state index in [1.165, 1.54) is 5.57 Å². The van der Waals surface area contributed by atoms with Crippen molar-refractivity contribution in [3.05, 3.63) is 23.3 Å². The molecule has 0 aromatic heterocycles. The Morgan fingerprint density at radius 3 is 2.72 bits per heavy atom. The molecule has 1 aliphatic rings. The number of aliphatic hydroxyl groups excluding tert-OH is 2. The Bertz CT molecular complexity index is 288. The number of ether oxygens (including phenoxy) is 1. The molecule has 0 aromatic rings. The molecule has 2 N–H and O–H groups in total. The summed E-state index contributed by atoms with van der Waals surface area (Å²) >= 11 is 0. The van der Waals surface area contributed by atoms with Crippen molar-refractivity contribution in [2.24, 2.45) is 0 Å². The number of rotatable bonds is 6. The molecule has 0 aromatic carbocycles. The van der Waals surface area contributed by atoms with E-state index in [4.69, 9.17) is 9.84 Å². The van der Waals surface area contributed by atoms with Crippen molar-refractivity contribution >= 4 is 0 Å². The van der Waals surface area contributed by atoms with Gasteiger partial charge < -0.3 is 14.9 Å². The van der Waals surface area contributed by atoms with Crippen molar-refractivity contribution in [1.29, 1.82) is 0 Å². The van der Waals surface area contributed by atoms with Gasteiger partial charge in [-0.3, -0.25) is 0 Å². The fourth-order valence-corrected chi connectivity index (χ4v) is 2.21. The molecule has 3 nitrogen and oxygen atoms in total. The molecule has 2 atom stereocenters. The Hall–Kier alpha value is -0.640. The average molecular weight is 254 g/mol. The number of hydrogen-bond donors (Lipinski definition) is 2. The molecular weight excluding hydrogens is 228 g/mol. The predicted octanol–water partition coefficient (Wildman–Crippen LogP) is 2.58. The Morgan fingerprint density at radius 1 is 1.33 bits per heavy atom. The van der Waals surface area contributed by atoms with E-state index in [-0.39, 0.29) is 12.7 Å². The maximum Gasteiger partial charge on any atom is 0.101 e. The molecule has 0 bridgehead atoms. The molecule has 104 valence electrons. The molecule has 3 heteroatoms. The van der Waals surface area contributed by atoms with Gasteiger partial charge in [0, 0.05) is 6.61 Å². The van der Waals surface area contributed by atoms with Crippen LogP contribution in [0.3, 0.4) is 0 Å². The zero-order valence-electron chi connectivity index (χ0n) is 11.6. The van der Waals surface area contributed by atoms with Crippen LogP contribution in [0.4, 0.5) is 0 Å². The third-order valence-electron chi connectivity index (χ3n) is 3.48. The second-order valence-electron chi connectivity index (χ2n) is 5.07. The third kappa shape index (κ3) is 5.34. The summed E-state index contributed by atoms with van der Waals surface area (Å²) in [4.78, 5) is 0. The minimum absolute atomic E-state index is 0.0240. The van der Waals surface area contributed by atoms with Crippen molar-refractivity contribution < 1.29 is 14.9 Å². The molecule has 1 rings (SSSR count). The smallest absolute Gasteiger partial charge is 0.101 e. The average Bonchev–Trinajstić information content (AvgIpc) is 2.39.